The molecule has 1 fully saturated rings. The van der Waals surface area contributed by atoms with Gasteiger partial charge in [0.2, 0.25) is 5.91 Å². The number of esters is 1. The van der Waals surface area contributed by atoms with Gasteiger partial charge in [-0.1, -0.05) is 18.2 Å². The fraction of sp³-hybridized carbons (Fsp3) is 0.304. The SMILES string of the molecule is CCOC(=O)c1cccc(NC(=O)CC[C@H]2NC(=O)N(Cc3ccc(OC)cc3)C2=O)c1. The van der Waals surface area contributed by atoms with Crippen molar-refractivity contribution in [1.29, 1.82) is 0 Å². The van der Waals surface area contributed by atoms with Crippen LogP contribution >= 0.6 is 0 Å². The Balaban J connectivity index is 1.52. The van der Waals surface area contributed by atoms with Crippen LogP contribution in [0.15, 0.2) is 48.5 Å². The van der Waals surface area contributed by atoms with Crippen molar-refractivity contribution in [3.63, 3.8) is 0 Å². The van der Waals surface area contributed by atoms with Gasteiger partial charge in [-0.15, -0.1) is 0 Å². The van der Waals surface area contributed by atoms with Crippen LogP contribution in [0.3, 0.4) is 0 Å². The first-order chi connectivity index (χ1) is 15.4. The predicted octanol–water partition coefficient (Wildman–Crippen LogP) is 2.71. The summed E-state index contributed by atoms with van der Waals surface area (Å²) in [6.45, 7) is 2.11. The fourth-order valence-corrected chi connectivity index (χ4v) is 3.27. The van der Waals surface area contributed by atoms with E-state index < -0.39 is 18.0 Å². The summed E-state index contributed by atoms with van der Waals surface area (Å²) in [5.41, 5.74) is 1.56. The largest absolute Gasteiger partial charge is 0.497 e. The molecule has 9 heteroatoms. The molecule has 3 rings (SSSR count). The molecule has 0 aromatic heterocycles. The van der Waals surface area contributed by atoms with Crippen LogP contribution in [0.2, 0.25) is 0 Å². The molecule has 1 saturated heterocycles. The van der Waals surface area contributed by atoms with Gasteiger partial charge >= 0.3 is 12.0 Å². The minimum absolute atomic E-state index is 0.0245. The Morgan fingerprint density at radius 2 is 1.88 bits per heavy atom. The Bertz CT molecular complexity index is 1010. The maximum Gasteiger partial charge on any atom is 0.338 e. The van der Waals surface area contributed by atoms with Crippen LogP contribution in [0.25, 0.3) is 0 Å². The summed E-state index contributed by atoms with van der Waals surface area (Å²) in [5.74, 6) is -0.493. The van der Waals surface area contributed by atoms with Gasteiger partial charge < -0.3 is 20.1 Å². The number of nitrogens with one attached hydrogen (secondary N) is 2. The summed E-state index contributed by atoms with van der Waals surface area (Å²) in [5, 5.41) is 5.32. The average molecular weight is 439 g/mol. The third-order valence-electron chi connectivity index (χ3n) is 4.92. The van der Waals surface area contributed by atoms with Crippen LogP contribution in [-0.2, 0) is 20.9 Å². The third-order valence-corrected chi connectivity index (χ3v) is 4.92. The molecule has 2 aromatic carbocycles. The summed E-state index contributed by atoms with van der Waals surface area (Å²) in [6.07, 6.45) is 0.184. The van der Waals surface area contributed by atoms with E-state index in [2.05, 4.69) is 10.6 Å². The molecular formula is C23H25N3O6. The Morgan fingerprint density at radius 3 is 2.56 bits per heavy atom. The molecule has 2 aromatic rings. The molecule has 0 saturated carbocycles. The van der Waals surface area contributed by atoms with E-state index in [1.54, 1.807) is 56.5 Å². The molecule has 168 valence electrons. The number of hydrogen-bond acceptors (Lipinski definition) is 6. The van der Waals surface area contributed by atoms with Gasteiger partial charge in [-0.3, -0.25) is 14.5 Å². The molecule has 0 spiro atoms. The van der Waals surface area contributed by atoms with E-state index in [-0.39, 0.29) is 37.8 Å². The summed E-state index contributed by atoms with van der Waals surface area (Å²) >= 11 is 0. The third kappa shape index (κ3) is 5.63. The van der Waals surface area contributed by atoms with Gasteiger partial charge in [-0.25, -0.2) is 9.59 Å². The summed E-state index contributed by atoms with van der Waals surface area (Å²) in [6, 6.07) is 12.2. The molecule has 1 heterocycles. The molecule has 0 unspecified atom stereocenters. The molecule has 0 aliphatic carbocycles. The second kappa shape index (κ2) is 10.4. The highest BCUT2D eigenvalue weighted by Gasteiger charge is 2.37. The first kappa shape index (κ1) is 22.8. The van der Waals surface area contributed by atoms with Crippen LogP contribution in [0.5, 0.6) is 5.75 Å². The average Bonchev–Trinajstić information content (AvgIpc) is 3.06. The minimum atomic E-state index is -0.766. The number of rotatable bonds is 9. The van der Waals surface area contributed by atoms with Crippen LogP contribution in [0, 0.1) is 0 Å². The number of ether oxygens (including phenoxy) is 2. The lowest BCUT2D eigenvalue weighted by atomic mass is 10.1. The lowest BCUT2D eigenvalue weighted by Gasteiger charge is -2.13. The van der Waals surface area contributed by atoms with Crippen molar-refractivity contribution in [2.45, 2.75) is 32.4 Å². The Morgan fingerprint density at radius 1 is 1.12 bits per heavy atom. The summed E-state index contributed by atoms with van der Waals surface area (Å²) in [4.78, 5) is 50.1. The zero-order valence-corrected chi connectivity index (χ0v) is 17.9. The van der Waals surface area contributed by atoms with Gasteiger partial charge in [-0.05, 0) is 49.2 Å². The fourth-order valence-electron chi connectivity index (χ4n) is 3.27. The van der Waals surface area contributed by atoms with Gasteiger partial charge in [0.15, 0.2) is 0 Å². The number of amides is 4. The second-order valence-electron chi connectivity index (χ2n) is 7.16. The second-order valence-corrected chi connectivity index (χ2v) is 7.16. The first-order valence-corrected chi connectivity index (χ1v) is 10.2. The van der Waals surface area contributed by atoms with Crippen molar-refractivity contribution >= 4 is 29.5 Å². The molecule has 4 amide bonds. The van der Waals surface area contributed by atoms with Crippen molar-refractivity contribution in [1.82, 2.24) is 10.2 Å². The predicted molar refractivity (Wildman–Crippen MR) is 116 cm³/mol. The van der Waals surface area contributed by atoms with E-state index in [0.717, 1.165) is 10.5 Å². The lowest BCUT2D eigenvalue weighted by Crippen LogP contribution is -2.31. The van der Waals surface area contributed by atoms with E-state index >= 15 is 0 Å². The van der Waals surface area contributed by atoms with E-state index in [0.29, 0.717) is 17.0 Å². The van der Waals surface area contributed by atoms with Crippen molar-refractivity contribution in [2.24, 2.45) is 0 Å². The van der Waals surface area contributed by atoms with Crippen molar-refractivity contribution in [3.05, 3.63) is 59.7 Å². The number of urea groups is 1. The Hall–Kier alpha value is -3.88. The minimum Gasteiger partial charge on any atom is -0.497 e. The summed E-state index contributed by atoms with van der Waals surface area (Å²) in [7, 11) is 1.56. The van der Waals surface area contributed by atoms with Gasteiger partial charge in [0.1, 0.15) is 11.8 Å². The Labute approximate surface area is 185 Å². The molecule has 0 radical (unpaired) electrons. The number of anilines is 1. The van der Waals surface area contributed by atoms with Crippen LogP contribution in [0.1, 0.15) is 35.7 Å². The zero-order chi connectivity index (χ0) is 23.1. The highest BCUT2D eigenvalue weighted by atomic mass is 16.5. The maximum absolute atomic E-state index is 12.6. The van der Waals surface area contributed by atoms with Crippen molar-refractivity contribution in [3.8, 4) is 5.75 Å². The molecule has 1 aliphatic heterocycles. The highest BCUT2D eigenvalue weighted by Crippen LogP contribution is 2.18. The number of imide groups is 1. The number of benzene rings is 2. The van der Waals surface area contributed by atoms with Gasteiger partial charge in [-0.2, -0.15) is 0 Å². The van der Waals surface area contributed by atoms with Gasteiger partial charge in [0.25, 0.3) is 5.91 Å². The van der Waals surface area contributed by atoms with E-state index in [4.69, 9.17) is 9.47 Å². The van der Waals surface area contributed by atoms with Crippen LogP contribution in [0.4, 0.5) is 10.5 Å². The van der Waals surface area contributed by atoms with Crippen LogP contribution < -0.4 is 15.4 Å². The molecule has 0 bridgehead atoms. The number of methoxy groups -OCH3 is 1. The maximum atomic E-state index is 12.6. The number of hydrogen-bond donors (Lipinski definition) is 2. The topological polar surface area (TPSA) is 114 Å². The number of carbonyl (C=O) groups is 4. The first-order valence-electron chi connectivity index (χ1n) is 10.2. The van der Waals surface area contributed by atoms with Crippen molar-refractivity contribution < 1.29 is 28.7 Å². The highest BCUT2D eigenvalue weighted by molar-refractivity contribution is 6.04. The normalized spacial score (nSPS) is 15.3. The molecule has 1 aliphatic rings. The number of nitrogens with zero attached hydrogens (tertiary/aromatic N) is 1. The molecule has 1 atom stereocenters. The molecule has 9 nitrogen and oxygen atoms in total. The Kier molecular flexibility index (Phi) is 7.43. The van der Waals surface area contributed by atoms with E-state index in [1.165, 1.54) is 6.07 Å². The van der Waals surface area contributed by atoms with Gasteiger partial charge in [0.05, 0.1) is 25.8 Å². The molecule has 2 N–H and O–H groups in total. The van der Waals surface area contributed by atoms with E-state index in [1.807, 2.05) is 0 Å². The van der Waals surface area contributed by atoms with E-state index in [9.17, 15) is 19.2 Å². The summed E-state index contributed by atoms with van der Waals surface area (Å²) < 4.78 is 10.1. The number of carbonyl (C=O) groups excluding carboxylic acids is 4. The molecular weight excluding hydrogens is 414 g/mol. The quantitative estimate of drug-likeness (QED) is 0.459. The zero-order valence-electron chi connectivity index (χ0n) is 17.9. The standard InChI is InChI=1S/C23H25N3O6/c1-3-32-22(29)16-5-4-6-17(13-16)24-20(27)12-11-19-21(28)26(23(30)25-19)14-15-7-9-18(31-2)10-8-15/h4-10,13,19H,3,11-12,14H2,1-2H3,(H,24,27)(H,25,30)/t19-/m1/s1. The van der Waals surface area contributed by atoms with Crippen LogP contribution in [-0.4, -0.2) is 48.5 Å². The van der Waals surface area contributed by atoms with Crippen molar-refractivity contribution in [2.75, 3.05) is 19.0 Å². The molecule has 32 heavy (non-hydrogen) atoms. The monoisotopic (exact) mass is 439 g/mol. The van der Waals surface area contributed by atoms with Gasteiger partial charge in [0, 0.05) is 12.1 Å². The lowest BCUT2D eigenvalue weighted by molar-refractivity contribution is -0.128. The smallest absolute Gasteiger partial charge is 0.338 e.